The highest BCUT2D eigenvalue weighted by Crippen LogP contribution is 2.18. The minimum atomic E-state index is -1.05. The number of carboxylic acid groups (broad SMARTS) is 1. The first-order valence-corrected chi connectivity index (χ1v) is 7.24. The van der Waals surface area contributed by atoms with Crippen molar-refractivity contribution < 1.29 is 19.1 Å². The van der Waals surface area contributed by atoms with Crippen molar-refractivity contribution in [1.82, 2.24) is 19.9 Å². The molecule has 0 aliphatic carbocycles. The number of furan rings is 1. The number of aryl methyl sites for hydroxylation is 2. The van der Waals surface area contributed by atoms with E-state index in [9.17, 15) is 9.59 Å². The number of carbonyl (C=O) groups is 2. The summed E-state index contributed by atoms with van der Waals surface area (Å²) in [6, 6.07) is 6.61. The van der Waals surface area contributed by atoms with Gasteiger partial charge in [0.2, 0.25) is 0 Å². The van der Waals surface area contributed by atoms with Gasteiger partial charge in [0, 0.05) is 19.7 Å². The van der Waals surface area contributed by atoms with E-state index in [0.29, 0.717) is 22.6 Å². The van der Waals surface area contributed by atoms with Gasteiger partial charge in [-0.15, -0.1) is 5.10 Å². The monoisotopic (exact) mass is 328 g/mol. The summed E-state index contributed by atoms with van der Waals surface area (Å²) in [6.07, 6.45) is 0. The third-order valence-corrected chi connectivity index (χ3v) is 3.80. The topological polar surface area (TPSA) is 101 Å². The lowest BCUT2D eigenvalue weighted by Crippen LogP contribution is -2.26. The predicted octanol–water partition coefficient (Wildman–Crippen LogP) is 1.84. The van der Waals surface area contributed by atoms with E-state index in [2.05, 4.69) is 10.3 Å². The molecule has 1 amide bonds. The van der Waals surface area contributed by atoms with Crippen LogP contribution in [0, 0.1) is 6.92 Å². The number of aromatic nitrogens is 3. The molecule has 0 saturated heterocycles. The summed E-state index contributed by atoms with van der Waals surface area (Å²) in [6.45, 7) is 1.75. The number of aromatic carboxylic acids is 1. The molecule has 0 aliphatic rings. The Balaban J connectivity index is 1.80. The number of hydrogen-bond donors (Lipinski definition) is 1. The van der Waals surface area contributed by atoms with E-state index >= 15 is 0 Å². The average Bonchev–Trinajstić information content (AvgIpc) is 3.09. The molecular formula is C16H16N4O4. The molecule has 2 aromatic heterocycles. The van der Waals surface area contributed by atoms with E-state index in [-0.39, 0.29) is 18.0 Å². The van der Waals surface area contributed by atoms with Crippen LogP contribution in [0.2, 0.25) is 0 Å². The molecule has 0 unspecified atom stereocenters. The molecule has 0 fully saturated rings. The van der Waals surface area contributed by atoms with Crippen molar-refractivity contribution >= 4 is 22.9 Å². The minimum absolute atomic E-state index is 0.104. The van der Waals surface area contributed by atoms with Crippen molar-refractivity contribution in [3.63, 3.8) is 0 Å². The van der Waals surface area contributed by atoms with Gasteiger partial charge in [-0.05, 0) is 31.2 Å². The normalized spacial score (nSPS) is 11.0. The second kappa shape index (κ2) is 5.80. The molecule has 8 nitrogen and oxygen atoms in total. The number of fused-ring (bicyclic) bond motifs is 1. The lowest BCUT2D eigenvalue weighted by Gasteiger charge is -2.15. The third kappa shape index (κ3) is 2.73. The van der Waals surface area contributed by atoms with Crippen LogP contribution in [0.4, 0.5) is 0 Å². The van der Waals surface area contributed by atoms with E-state index < -0.39 is 5.97 Å². The molecule has 1 N–H and O–H groups in total. The molecule has 3 rings (SSSR count). The third-order valence-electron chi connectivity index (χ3n) is 3.80. The highest BCUT2D eigenvalue weighted by atomic mass is 16.4. The summed E-state index contributed by atoms with van der Waals surface area (Å²) < 4.78 is 7.04. The van der Waals surface area contributed by atoms with Crippen LogP contribution in [0.5, 0.6) is 0 Å². The standard InChI is InChI=1S/C16H16N4O4/c1-9-12(16(22)23)7-11(24-9)8-19(2)15(21)10-4-5-14-13(6-10)17-18-20(14)3/h4-7H,8H2,1-3H3,(H,22,23). The molecule has 124 valence electrons. The van der Waals surface area contributed by atoms with Crippen molar-refractivity contribution in [2.24, 2.45) is 7.05 Å². The Morgan fingerprint density at radius 1 is 1.33 bits per heavy atom. The fourth-order valence-electron chi connectivity index (χ4n) is 2.53. The Morgan fingerprint density at radius 2 is 2.08 bits per heavy atom. The molecule has 3 aromatic rings. The molecule has 24 heavy (non-hydrogen) atoms. The quantitative estimate of drug-likeness (QED) is 0.784. The van der Waals surface area contributed by atoms with Crippen LogP contribution in [0.3, 0.4) is 0 Å². The number of rotatable bonds is 4. The molecule has 8 heteroatoms. The molecule has 0 atom stereocenters. The summed E-state index contributed by atoms with van der Waals surface area (Å²) in [7, 11) is 3.41. The van der Waals surface area contributed by atoms with Gasteiger partial charge in [0.15, 0.2) is 0 Å². The molecule has 0 radical (unpaired) electrons. The maximum atomic E-state index is 12.5. The van der Waals surface area contributed by atoms with E-state index in [1.54, 1.807) is 43.9 Å². The number of amides is 1. The van der Waals surface area contributed by atoms with Crippen LogP contribution in [0.15, 0.2) is 28.7 Å². The first-order valence-electron chi connectivity index (χ1n) is 7.24. The Hall–Kier alpha value is -3.16. The number of nitrogens with zero attached hydrogens (tertiary/aromatic N) is 4. The van der Waals surface area contributed by atoms with E-state index in [1.807, 2.05) is 0 Å². The zero-order valence-corrected chi connectivity index (χ0v) is 13.5. The number of benzene rings is 1. The lowest BCUT2D eigenvalue weighted by molar-refractivity contribution is 0.0694. The van der Waals surface area contributed by atoms with Crippen LogP contribution in [-0.2, 0) is 13.6 Å². The maximum Gasteiger partial charge on any atom is 0.339 e. The van der Waals surface area contributed by atoms with Crippen LogP contribution >= 0.6 is 0 Å². The van der Waals surface area contributed by atoms with Gasteiger partial charge in [-0.1, -0.05) is 5.21 Å². The van der Waals surface area contributed by atoms with E-state index in [4.69, 9.17) is 9.52 Å². The van der Waals surface area contributed by atoms with Gasteiger partial charge in [0.25, 0.3) is 5.91 Å². The molecule has 2 heterocycles. The Labute approximate surface area is 137 Å². The SMILES string of the molecule is Cc1oc(CN(C)C(=O)c2ccc3c(c2)nnn3C)cc1C(=O)O. The van der Waals surface area contributed by atoms with Gasteiger partial charge >= 0.3 is 5.97 Å². The minimum Gasteiger partial charge on any atom is -0.478 e. The van der Waals surface area contributed by atoms with Crippen molar-refractivity contribution in [3.05, 3.63) is 46.9 Å². The Kier molecular flexibility index (Phi) is 3.80. The maximum absolute atomic E-state index is 12.5. The zero-order chi connectivity index (χ0) is 17.4. The number of carbonyl (C=O) groups excluding carboxylic acids is 1. The van der Waals surface area contributed by atoms with Gasteiger partial charge in [-0.3, -0.25) is 4.79 Å². The summed E-state index contributed by atoms with van der Waals surface area (Å²) >= 11 is 0. The molecule has 0 aliphatic heterocycles. The first-order chi connectivity index (χ1) is 11.4. The van der Waals surface area contributed by atoms with E-state index in [1.165, 1.54) is 11.0 Å². The van der Waals surface area contributed by atoms with Crippen LogP contribution in [-0.4, -0.2) is 43.9 Å². The summed E-state index contributed by atoms with van der Waals surface area (Å²) in [5.74, 6) is -0.529. The van der Waals surface area contributed by atoms with Crippen molar-refractivity contribution in [3.8, 4) is 0 Å². The van der Waals surface area contributed by atoms with Crippen LogP contribution < -0.4 is 0 Å². The van der Waals surface area contributed by atoms with Crippen molar-refractivity contribution in [1.29, 1.82) is 0 Å². The van der Waals surface area contributed by atoms with Crippen molar-refractivity contribution in [2.45, 2.75) is 13.5 Å². The number of hydrogen-bond acceptors (Lipinski definition) is 5. The van der Waals surface area contributed by atoms with Crippen LogP contribution in [0.25, 0.3) is 11.0 Å². The fraction of sp³-hybridized carbons (Fsp3) is 0.250. The van der Waals surface area contributed by atoms with Gasteiger partial charge < -0.3 is 14.4 Å². The lowest BCUT2D eigenvalue weighted by atomic mass is 10.1. The molecule has 1 aromatic carbocycles. The summed E-state index contributed by atoms with van der Waals surface area (Å²) in [5, 5.41) is 17.0. The van der Waals surface area contributed by atoms with Gasteiger partial charge in [-0.25, -0.2) is 9.48 Å². The smallest absolute Gasteiger partial charge is 0.339 e. The Bertz CT molecular complexity index is 941. The van der Waals surface area contributed by atoms with E-state index in [0.717, 1.165) is 5.52 Å². The highest BCUT2D eigenvalue weighted by molar-refractivity contribution is 5.97. The largest absolute Gasteiger partial charge is 0.478 e. The zero-order valence-electron chi connectivity index (χ0n) is 13.5. The fourth-order valence-corrected chi connectivity index (χ4v) is 2.53. The second-order valence-electron chi connectivity index (χ2n) is 5.57. The molecule has 0 saturated carbocycles. The first kappa shape index (κ1) is 15.7. The number of carboxylic acids is 1. The molecule has 0 spiro atoms. The molecular weight excluding hydrogens is 312 g/mol. The summed E-state index contributed by atoms with van der Waals surface area (Å²) in [5.41, 5.74) is 2.06. The highest BCUT2D eigenvalue weighted by Gasteiger charge is 2.18. The van der Waals surface area contributed by atoms with Gasteiger partial charge in [0.05, 0.1) is 12.1 Å². The van der Waals surface area contributed by atoms with Gasteiger partial charge in [-0.2, -0.15) is 0 Å². The van der Waals surface area contributed by atoms with Crippen LogP contribution in [0.1, 0.15) is 32.2 Å². The predicted molar refractivity (Wildman–Crippen MR) is 84.7 cm³/mol. The van der Waals surface area contributed by atoms with Gasteiger partial charge in [0.1, 0.15) is 22.6 Å². The average molecular weight is 328 g/mol. The second-order valence-corrected chi connectivity index (χ2v) is 5.57. The Morgan fingerprint density at radius 3 is 2.75 bits per heavy atom. The summed E-state index contributed by atoms with van der Waals surface area (Å²) in [4.78, 5) is 25.0. The van der Waals surface area contributed by atoms with Crippen molar-refractivity contribution in [2.75, 3.05) is 7.05 Å². The molecule has 0 bridgehead atoms.